The highest BCUT2D eigenvalue weighted by molar-refractivity contribution is 6.20. The van der Waals surface area contributed by atoms with Crippen LogP contribution in [0.4, 0.5) is 10.5 Å². The fraction of sp³-hybridized carbons (Fsp3) is 0.429. The summed E-state index contributed by atoms with van der Waals surface area (Å²) in [4.78, 5) is 39.8. The maximum Gasteiger partial charge on any atom is 0.418 e. The Morgan fingerprint density at radius 2 is 1.86 bits per heavy atom. The summed E-state index contributed by atoms with van der Waals surface area (Å²) in [5, 5.41) is 28.0. The molecule has 3 N–H and O–H groups in total. The average molecular weight is 306 g/mol. The number of fused-ring (bicyclic) bond motifs is 2. The van der Waals surface area contributed by atoms with Crippen molar-refractivity contribution in [3.8, 4) is 0 Å². The van der Waals surface area contributed by atoms with E-state index in [-0.39, 0.29) is 29.9 Å². The number of pyridine rings is 1. The zero-order valence-electron chi connectivity index (χ0n) is 11.5. The zero-order chi connectivity index (χ0) is 16.1. The minimum atomic E-state index is -1.42. The van der Waals surface area contributed by atoms with Crippen LogP contribution in [-0.2, 0) is 10.2 Å². The third kappa shape index (κ3) is 1.87. The maximum atomic E-state index is 12.6. The Kier molecular flexibility index (Phi) is 3.13. The molecule has 0 aromatic carbocycles. The van der Waals surface area contributed by atoms with Crippen molar-refractivity contribution in [3.05, 3.63) is 23.5 Å². The van der Waals surface area contributed by atoms with Gasteiger partial charge in [-0.3, -0.25) is 4.79 Å². The number of aliphatic hydroxyl groups is 1. The highest BCUT2D eigenvalue weighted by Gasteiger charge is 2.55. The molecular formula is C14H14N2O6. The Balaban J connectivity index is 2.17. The van der Waals surface area contributed by atoms with E-state index in [0.717, 1.165) is 0 Å². The average Bonchev–Trinajstić information content (AvgIpc) is 2.71. The topological polar surface area (TPSA) is 128 Å². The third-order valence-electron chi connectivity index (χ3n) is 4.40. The minimum Gasteiger partial charge on any atom is -0.477 e. The molecule has 22 heavy (non-hydrogen) atoms. The number of carboxylic acids is 1. The van der Waals surface area contributed by atoms with Gasteiger partial charge in [-0.1, -0.05) is 0 Å². The molecule has 1 spiro atoms. The highest BCUT2D eigenvalue weighted by atomic mass is 16.4. The number of aliphatic hydroxyl groups excluding tert-OH is 1. The fourth-order valence-electron chi connectivity index (χ4n) is 3.26. The van der Waals surface area contributed by atoms with Crippen molar-refractivity contribution in [1.82, 2.24) is 4.98 Å². The SMILES string of the molecule is O=C(O)c1ccc2c(n1)C1(CCC(O)CC1)C(=O)N2C(=O)O. The second-order valence-electron chi connectivity index (χ2n) is 5.61. The Morgan fingerprint density at radius 1 is 1.23 bits per heavy atom. The van der Waals surface area contributed by atoms with Crippen molar-refractivity contribution >= 4 is 23.7 Å². The van der Waals surface area contributed by atoms with E-state index >= 15 is 0 Å². The molecule has 3 rings (SSSR count). The monoisotopic (exact) mass is 306 g/mol. The van der Waals surface area contributed by atoms with Crippen LogP contribution in [0.3, 0.4) is 0 Å². The first-order valence-electron chi connectivity index (χ1n) is 6.87. The van der Waals surface area contributed by atoms with Gasteiger partial charge in [0.1, 0.15) is 5.69 Å². The van der Waals surface area contributed by atoms with Gasteiger partial charge in [-0.15, -0.1) is 0 Å². The molecule has 1 aliphatic heterocycles. The summed E-state index contributed by atoms with van der Waals surface area (Å²) in [6.45, 7) is 0. The lowest BCUT2D eigenvalue weighted by Gasteiger charge is -2.33. The Bertz CT molecular complexity index is 678. The summed E-state index contributed by atoms with van der Waals surface area (Å²) in [5.41, 5.74) is -1.09. The number of carbonyl (C=O) groups is 3. The molecule has 1 aromatic rings. The van der Waals surface area contributed by atoms with Crippen molar-refractivity contribution in [2.24, 2.45) is 0 Å². The molecule has 2 heterocycles. The molecule has 116 valence electrons. The van der Waals surface area contributed by atoms with E-state index < -0.39 is 29.5 Å². The Morgan fingerprint density at radius 3 is 2.41 bits per heavy atom. The fourth-order valence-corrected chi connectivity index (χ4v) is 3.26. The summed E-state index contributed by atoms with van der Waals surface area (Å²) in [7, 11) is 0. The molecule has 8 nitrogen and oxygen atoms in total. The van der Waals surface area contributed by atoms with Crippen LogP contribution in [0.1, 0.15) is 41.9 Å². The van der Waals surface area contributed by atoms with Gasteiger partial charge in [0.15, 0.2) is 0 Å². The minimum absolute atomic E-state index is 0.110. The van der Waals surface area contributed by atoms with Crippen molar-refractivity contribution in [2.45, 2.75) is 37.2 Å². The number of carboxylic acid groups (broad SMARTS) is 2. The number of aromatic nitrogens is 1. The lowest BCUT2D eigenvalue weighted by atomic mass is 9.71. The van der Waals surface area contributed by atoms with E-state index in [4.69, 9.17) is 5.11 Å². The molecule has 1 fully saturated rings. The van der Waals surface area contributed by atoms with Crippen molar-refractivity contribution in [1.29, 1.82) is 0 Å². The van der Waals surface area contributed by atoms with Crippen LogP contribution in [0, 0.1) is 0 Å². The van der Waals surface area contributed by atoms with Crippen molar-refractivity contribution in [3.63, 3.8) is 0 Å². The molecule has 2 aliphatic rings. The molecule has 1 aliphatic carbocycles. The maximum absolute atomic E-state index is 12.6. The van der Waals surface area contributed by atoms with E-state index in [9.17, 15) is 24.6 Å². The molecular weight excluding hydrogens is 292 g/mol. The lowest BCUT2D eigenvalue weighted by Crippen LogP contribution is -2.45. The van der Waals surface area contributed by atoms with Gasteiger partial charge >= 0.3 is 12.1 Å². The first-order chi connectivity index (χ1) is 10.4. The number of imide groups is 1. The quantitative estimate of drug-likeness (QED) is 0.705. The molecule has 8 heteroatoms. The van der Waals surface area contributed by atoms with Crippen LogP contribution in [-0.4, -0.2) is 44.4 Å². The smallest absolute Gasteiger partial charge is 0.418 e. The standard InChI is InChI=1S/C14H14N2O6/c17-7-3-5-14(6-4-7)10-9(16(12(14)20)13(21)22)2-1-8(15-10)11(18)19/h1-2,7,17H,3-6H2,(H,18,19)(H,21,22). The van der Waals surface area contributed by atoms with Crippen LogP contribution >= 0.6 is 0 Å². The number of nitrogens with zero attached hydrogens (tertiary/aromatic N) is 2. The summed E-state index contributed by atoms with van der Waals surface area (Å²) in [6.07, 6.45) is -0.767. The second-order valence-corrected chi connectivity index (χ2v) is 5.61. The molecule has 1 saturated carbocycles. The second kappa shape index (κ2) is 4.77. The van der Waals surface area contributed by atoms with E-state index in [2.05, 4.69) is 4.98 Å². The van der Waals surface area contributed by atoms with Gasteiger partial charge in [0.2, 0.25) is 5.91 Å². The number of aromatic carboxylic acids is 1. The van der Waals surface area contributed by atoms with Crippen LogP contribution in [0.2, 0.25) is 0 Å². The highest BCUT2D eigenvalue weighted by Crippen LogP contribution is 2.49. The van der Waals surface area contributed by atoms with Crippen LogP contribution in [0.15, 0.2) is 12.1 Å². The normalized spacial score (nSPS) is 27.0. The lowest BCUT2D eigenvalue weighted by molar-refractivity contribution is -0.124. The van der Waals surface area contributed by atoms with Gasteiger partial charge < -0.3 is 15.3 Å². The van der Waals surface area contributed by atoms with Crippen LogP contribution in [0.25, 0.3) is 0 Å². The van der Waals surface area contributed by atoms with Crippen molar-refractivity contribution in [2.75, 3.05) is 4.90 Å². The van der Waals surface area contributed by atoms with E-state index in [1.807, 2.05) is 0 Å². The number of hydrogen-bond donors (Lipinski definition) is 3. The van der Waals surface area contributed by atoms with E-state index in [0.29, 0.717) is 17.7 Å². The van der Waals surface area contributed by atoms with Crippen molar-refractivity contribution < 1.29 is 29.7 Å². The number of carbonyl (C=O) groups excluding carboxylic acids is 1. The van der Waals surface area contributed by atoms with E-state index in [1.54, 1.807) is 0 Å². The summed E-state index contributed by atoms with van der Waals surface area (Å²) >= 11 is 0. The summed E-state index contributed by atoms with van der Waals surface area (Å²) in [6, 6.07) is 2.48. The molecule has 0 unspecified atom stereocenters. The van der Waals surface area contributed by atoms with Gasteiger partial charge in [-0.05, 0) is 37.8 Å². The molecule has 0 saturated heterocycles. The van der Waals surface area contributed by atoms with Crippen LogP contribution < -0.4 is 4.90 Å². The van der Waals surface area contributed by atoms with E-state index in [1.165, 1.54) is 12.1 Å². The first-order valence-corrected chi connectivity index (χ1v) is 6.87. The van der Waals surface area contributed by atoms with Gasteiger partial charge in [0, 0.05) is 0 Å². The Hall–Kier alpha value is -2.48. The molecule has 0 radical (unpaired) electrons. The predicted molar refractivity (Wildman–Crippen MR) is 72.9 cm³/mol. The Labute approximate surface area is 125 Å². The van der Waals surface area contributed by atoms with Crippen LogP contribution in [0.5, 0.6) is 0 Å². The molecule has 0 atom stereocenters. The van der Waals surface area contributed by atoms with Gasteiger partial charge in [-0.25, -0.2) is 19.5 Å². The largest absolute Gasteiger partial charge is 0.477 e. The number of anilines is 1. The molecule has 0 bridgehead atoms. The number of hydrogen-bond acceptors (Lipinski definition) is 5. The van der Waals surface area contributed by atoms with Gasteiger partial charge in [0.05, 0.1) is 22.9 Å². The number of amides is 2. The van der Waals surface area contributed by atoms with Gasteiger partial charge in [-0.2, -0.15) is 0 Å². The third-order valence-corrected chi connectivity index (χ3v) is 4.40. The number of rotatable bonds is 1. The summed E-state index contributed by atoms with van der Waals surface area (Å²) < 4.78 is 0. The molecule has 1 aromatic heterocycles. The van der Waals surface area contributed by atoms with Gasteiger partial charge in [0.25, 0.3) is 0 Å². The summed E-state index contributed by atoms with van der Waals surface area (Å²) in [5.74, 6) is -1.85. The first kappa shape index (κ1) is 14.5. The zero-order valence-corrected chi connectivity index (χ0v) is 11.5. The molecule has 2 amide bonds. The predicted octanol–water partition coefficient (Wildman–Crippen LogP) is 0.977.